The van der Waals surface area contributed by atoms with Gasteiger partial charge in [0.1, 0.15) is 4.90 Å². The zero-order valence-corrected chi connectivity index (χ0v) is 13.1. The smallest absolute Gasteiger partial charge is 0.337 e. The van der Waals surface area contributed by atoms with Crippen molar-refractivity contribution in [1.82, 2.24) is 4.72 Å². The predicted molar refractivity (Wildman–Crippen MR) is 78.5 cm³/mol. The number of hydrogen-bond acceptors (Lipinski definition) is 6. The summed E-state index contributed by atoms with van der Waals surface area (Å²) in [6.45, 7) is 2.18. The van der Waals surface area contributed by atoms with Gasteiger partial charge in [0.05, 0.1) is 18.4 Å². The van der Waals surface area contributed by atoms with Crippen molar-refractivity contribution in [1.29, 1.82) is 0 Å². The summed E-state index contributed by atoms with van der Waals surface area (Å²) in [5.41, 5.74) is 5.91. The summed E-state index contributed by atoms with van der Waals surface area (Å²) in [6, 6.07) is 3.62. The minimum absolute atomic E-state index is 0.00987. The summed E-state index contributed by atoms with van der Waals surface area (Å²) >= 11 is 0. The number of anilines is 1. The second kappa shape index (κ2) is 7.39. The number of carbonyl (C=O) groups is 1. The van der Waals surface area contributed by atoms with Crippen molar-refractivity contribution in [2.45, 2.75) is 24.3 Å². The highest BCUT2D eigenvalue weighted by atomic mass is 32.2. The quantitative estimate of drug-likeness (QED) is 0.568. The summed E-state index contributed by atoms with van der Waals surface area (Å²) in [6.07, 6.45) is 0.538. The van der Waals surface area contributed by atoms with Crippen molar-refractivity contribution in [2.75, 3.05) is 26.6 Å². The van der Waals surface area contributed by atoms with Crippen molar-refractivity contribution in [3.63, 3.8) is 0 Å². The molecule has 0 saturated carbocycles. The van der Waals surface area contributed by atoms with E-state index in [1.54, 1.807) is 14.0 Å². The summed E-state index contributed by atoms with van der Waals surface area (Å²) in [5.74, 6) is -0.577. The number of hydrogen-bond donors (Lipinski definition) is 2. The Kier molecular flexibility index (Phi) is 6.13. The molecule has 1 aromatic carbocycles. The molecule has 0 bridgehead atoms. The van der Waals surface area contributed by atoms with Crippen LogP contribution in [-0.2, 0) is 19.5 Å². The zero-order valence-electron chi connectivity index (χ0n) is 12.3. The number of nitrogen functional groups attached to an aromatic ring is 1. The lowest BCUT2D eigenvalue weighted by Crippen LogP contribution is -2.33. The van der Waals surface area contributed by atoms with Crippen LogP contribution in [0.3, 0.4) is 0 Å². The maximum atomic E-state index is 12.2. The van der Waals surface area contributed by atoms with Gasteiger partial charge < -0.3 is 15.2 Å². The molecule has 1 aromatic rings. The van der Waals surface area contributed by atoms with Crippen LogP contribution < -0.4 is 10.5 Å². The molecule has 0 heterocycles. The van der Waals surface area contributed by atoms with E-state index in [2.05, 4.69) is 9.46 Å². The van der Waals surface area contributed by atoms with Crippen LogP contribution in [-0.4, -0.2) is 41.3 Å². The maximum Gasteiger partial charge on any atom is 0.337 e. The van der Waals surface area contributed by atoms with Gasteiger partial charge in [-0.05, 0) is 31.5 Å². The Morgan fingerprint density at radius 2 is 2.05 bits per heavy atom. The van der Waals surface area contributed by atoms with Gasteiger partial charge in [-0.2, -0.15) is 0 Å². The van der Waals surface area contributed by atoms with Crippen LogP contribution >= 0.6 is 0 Å². The molecule has 1 atom stereocenters. The van der Waals surface area contributed by atoms with Crippen molar-refractivity contribution in [3.05, 3.63) is 23.8 Å². The standard InChI is InChI=1S/C13H20N2O5S/c1-9(6-7-19-2)15-21(17,18)12-5-4-10(8-11(12)14)13(16)20-3/h4-5,8-9,15H,6-7,14H2,1-3H3. The van der Waals surface area contributed by atoms with E-state index in [1.807, 2.05) is 0 Å². The molecule has 0 radical (unpaired) electrons. The third-order valence-electron chi connectivity index (χ3n) is 2.83. The van der Waals surface area contributed by atoms with Gasteiger partial charge in [-0.15, -0.1) is 0 Å². The maximum absolute atomic E-state index is 12.2. The average Bonchev–Trinajstić information content (AvgIpc) is 2.43. The summed E-state index contributed by atoms with van der Waals surface area (Å²) in [7, 11) is -0.968. The molecule has 0 aliphatic carbocycles. The summed E-state index contributed by atoms with van der Waals surface area (Å²) in [4.78, 5) is 11.3. The number of methoxy groups -OCH3 is 2. The molecule has 3 N–H and O–H groups in total. The molecule has 0 fully saturated rings. The minimum Gasteiger partial charge on any atom is -0.465 e. The number of ether oxygens (including phenoxy) is 2. The number of esters is 1. The first-order valence-corrected chi connectivity index (χ1v) is 7.79. The van der Waals surface area contributed by atoms with E-state index in [0.29, 0.717) is 13.0 Å². The molecule has 7 nitrogen and oxygen atoms in total. The normalized spacial score (nSPS) is 12.9. The van der Waals surface area contributed by atoms with E-state index < -0.39 is 16.0 Å². The Labute approximate surface area is 124 Å². The lowest BCUT2D eigenvalue weighted by molar-refractivity contribution is 0.0600. The second-order valence-corrected chi connectivity index (χ2v) is 6.23. The molecule has 21 heavy (non-hydrogen) atoms. The molecule has 0 saturated heterocycles. The summed E-state index contributed by atoms with van der Waals surface area (Å²) < 4.78 is 36.4. The molecule has 0 spiro atoms. The van der Waals surface area contributed by atoms with Crippen LogP contribution in [0.1, 0.15) is 23.7 Å². The fraction of sp³-hybridized carbons (Fsp3) is 0.462. The van der Waals surface area contributed by atoms with E-state index in [4.69, 9.17) is 10.5 Å². The second-order valence-electron chi connectivity index (χ2n) is 4.55. The number of rotatable bonds is 7. The molecule has 8 heteroatoms. The Balaban J connectivity index is 2.96. The summed E-state index contributed by atoms with van der Waals surface area (Å²) in [5, 5.41) is 0. The molecule has 1 unspecified atom stereocenters. The Hall–Kier alpha value is -1.64. The van der Waals surface area contributed by atoms with Crippen LogP contribution in [0.25, 0.3) is 0 Å². The van der Waals surface area contributed by atoms with Crippen molar-refractivity contribution < 1.29 is 22.7 Å². The van der Waals surface area contributed by atoms with Crippen LogP contribution in [0.4, 0.5) is 5.69 Å². The molecule has 1 rings (SSSR count). The van der Waals surface area contributed by atoms with Gasteiger partial charge in [-0.25, -0.2) is 17.9 Å². The van der Waals surface area contributed by atoms with Gasteiger partial charge in [0, 0.05) is 19.8 Å². The Bertz CT molecular complexity index is 601. The van der Waals surface area contributed by atoms with E-state index in [0.717, 1.165) is 0 Å². The monoisotopic (exact) mass is 316 g/mol. The first-order valence-electron chi connectivity index (χ1n) is 6.31. The third-order valence-corrected chi connectivity index (χ3v) is 4.50. The predicted octanol–water partition coefficient (Wildman–Crippen LogP) is 0.759. The fourth-order valence-corrected chi connectivity index (χ4v) is 3.11. The fourth-order valence-electron chi connectivity index (χ4n) is 1.72. The number of nitrogens with two attached hydrogens (primary N) is 1. The van der Waals surface area contributed by atoms with Crippen LogP contribution in [0.15, 0.2) is 23.1 Å². The number of carbonyl (C=O) groups excluding carboxylic acids is 1. The topological polar surface area (TPSA) is 108 Å². The first-order chi connectivity index (χ1) is 9.81. The van der Waals surface area contributed by atoms with Gasteiger partial charge in [0.25, 0.3) is 0 Å². The van der Waals surface area contributed by atoms with Gasteiger partial charge in [-0.3, -0.25) is 0 Å². The minimum atomic E-state index is -3.75. The third kappa shape index (κ3) is 4.69. The molecule has 0 amide bonds. The van der Waals surface area contributed by atoms with Crippen molar-refractivity contribution in [3.8, 4) is 0 Å². The Morgan fingerprint density at radius 1 is 1.38 bits per heavy atom. The van der Waals surface area contributed by atoms with E-state index >= 15 is 0 Å². The van der Waals surface area contributed by atoms with Crippen LogP contribution in [0.2, 0.25) is 0 Å². The molecule has 0 aliphatic rings. The SMILES string of the molecule is COCCC(C)NS(=O)(=O)c1ccc(C(=O)OC)cc1N. The van der Waals surface area contributed by atoms with E-state index in [1.165, 1.54) is 25.3 Å². The average molecular weight is 316 g/mol. The van der Waals surface area contributed by atoms with Crippen LogP contribution in [0, 0.1) is 0 Å². The van der Waals surface area contributed by atoms with Gasteiger partial charge in [-0.1, -0.05) is 0 Å². The molecular weight excluding hydrogens is 296 g/mol. The lowest BCUT2D eigenvalue weighted by atomic mass is 10.2. The molecule has 0 aromatic heterocycles. The van der Waals surface area contributed by atoms with Crippen molar-refractivity contribution >= 4 is 21.7 Å². The molecule has 0 aliphatic heterocycles. The number of benzene rings is 1. The largest absolute Gasteiger partial charge is 0.465 e. The van der Waals surface area contributed by atoms with Gasteiger partial charge >= 0.3 is 5.97 Å². The van der Waals surface area contributed by atoms with Gasteiger partial charge in [0.15, 0.2) is 0 Å². The lowest BCUT2D eigenvalue weighted by Gasteiger charge is -2.15. The van der Waals surface area contributed by atoms with Crippen LogP contribution in [0.5, 0.6) is 0 Å². The zero-order chi connectivity index (χ0) is 16.0. The molecule has 118 valence electrons. The van der Waals surface area contributed by atoms with Gasteiger partial charge in [0.2, 0.25) is 10.0 Å². The number of nitrogens with one attached hydrogen (secondary N) is 1. The van der Waals surface area contributed by atoms with Crippen molar-refractivity contribution in [2.24, 2.45) is 0 Å². The highest BCUT2D eigenvalue weighted by Gasteiger charge is 2.21. The Morgan fingerprint density at radius 3 is 2.57 bits per heavy atom. The highest BCUT2D eigenvalue weighted by Crippen LogP contribution is 2.20. The number of sulfonamides is 1. The first kappa shape index (κ1) is 17.4. The highest BCUT2D eigenvalue weighted by molar-refractivity contribution is 7.89. The van der Waals surface area contributed by atoms with E-state index in [9.17, 15) is 13.2 Å². The molecular formula is C13H20N2O5S. The van der Waals surface area contributed by atoms with E-state index in [-0.39, 0.29) is 22.2 Å².